The molecule has 31 heavy (non-hydrogen) atoms. The van der Waals surface area contributed by atoms with Crippen molar-refractivity contribution in [2.45, 2.75) is 59.6 Å². The molecule has 0 bridgehead atoms. The Morgan fingerprint density at radius 3 is 2.13 bits per heavy atom. The first-order valence-corrected chi connectivity index (χ1v) is 8.41. The van der Waals surface area contributed by atoms with Crippen molar-refractivity contribution in [3.8, 4) is 5.69 Å². The minimum absolute atomic E-state index is 0. The number of carbonyl (C=O) groups is 1. The molecule has 176 valence electrons. The minimum Gasteiger partial charge on any atom is -0.310 e. The average molecular weight is 458 g/mol. The molecule has 0 N–H and O–H groups in total. The Labute approximate surface area is 175 Å². The highest BCUT2D eigenvalue weighted by Gasteiger charge is 2.72. The molecule has 0 saturated heterocycles. The number of nitrogens with zero attached hydrogens (tertiary/aromatic N) is 4. The van der Waals surface area contributed by atoms with Gasteiger partial charge in [-0.3, -0.25) is 9.78 Å². The lowest BCUT2D eigenvalue weighted by molar-refractivity contribution is -0.342. The lowest BCUT2D eigenvalue weighted by Crippen LogP contribution is -2.53. The number of hydrogen-bond acceptors (Lipinski definition) is 3. The van der Waals surface area contributed by atoms with E-state index in [-0.39, 0.29) is 27.1 Å². The largest absolute Gasteiger partial charge is 0.431 e. The second-order valence-corrected chi connectivity index (χ2v) is 6.19. The lowest BCUT2D eigenvalue weighted by Gasteiger charge is -2.30. The van der Waals surface area contributed by atoms with Gasteiger partial charge in [0, 0.05) is 25.6 Å². The highest BCUT2D eigenvalue weighted by atomic mass is 19.4. The summed E-state index contributed by atoms with van der Waals surface area (Å²) in [5.74, 6) is -1.09. The second-order valence-electron chi connectivity index (χ2n) is 6.19. The fraction of sp³-hybridized carbons (Fsp3) is 0.526. The number of amides is 1. The van der Waals surface area contributed by atoms with E-state index < -0.39 is 36.8 Å². The highest BCUT2D eigenvalue weighted by molar-refractivity contribution is 5.93. The molecule has 2 rings (SSSR count). The molecular weight excluding hydrogens is 433 g/mol. The van der Waals surface area contributed by atoms with E-state index in [4.69, 9.17) is 0 Å². The number of anilines is 1. The SMILES string of the molecule is C.C.CCN(C(=O)CCC(F)(C(F)(F)F)C(F)(F)F)c1cn(-c2cccnc2)nc1C. The maximum absolute atomic E-state index is 13.8. The smallest absolute Gasteiger partial charge is 0.310 e. The third kappa shape index (κ3) is 5.73. The number of aromatic nitrogens is 3. The van der Waals surface area contributed by atoms with Crippen LogP contribution in [0.15, 0.2) is 30.7 Å². The standard InChI is InChI=1S/C17H17F7N4O.2CH4/c1-3-27(13-10-28(26-11(13)2)12-5-4-8-25-9-12)14(29)6-7-15(18,16(19,20)21)17(22,23)24;;/h4-5,8-10H,3,6-7H2,1-2H3;2*1H4. The average Bonchev–Trinajstić information content (AvgIpc) is 3.01. The summed E-state index contributed by atoms with van der Waals surface area (Å²) in [6, 6.07) is 3.29. The van der Waals surface area contributed by atoms with Crippen molar-refractivity contribution in [3.63, 3.8) is 0 Å². The first kappa shape index (κ1) is 28.3. The van der Waals surface area contributed by atoms with Gasteiger partial charge in [-0.05, 0) is 26.0 Å². The zero-order chi connectivity index (χ0) is 22.0. The molecule has 1 amide bonds. The van der Waals surface area contributed by atoms with Crippen LogP contribution >= 0.6 is 0 Å². The Morgan fingerprint density at radius 2 is 1.68 bits per heavy atom. The van der Waals surface area contributed by atoms with E-state index in [1.807, 2.05) is 0 Å². The molecule has 2 heterocycles. The number of halogens is 7. The van der Waals surface area contributed by atoms with Crippen molar-refractivity contribution in [1.82, 2.24) is 14.8 Å². The molecule has 0 aliphatic rings. The van der Waals surface area contributed by atoms with Gasteiger partial charge in [0.25, 0.3) is 5.67 Å². The normalized spacial score (nSPS) is 12.0. The minimum atomic E-state index is -6.19. The predicted molar refractivity (Wildman–Crippen MR) is 103 cm³/mol. The number of aryl methyl sites for hydroxylation is 1. The molecule has 0 saturated carbocycles. The Morgan fingerprint density at radius 1 is 1.10 bits per heavy atom. The van der Waals surface area contributed by atoms with Gasteiger partial charge in [-0.2, -0.15) is 31.4 Å². The molecule has 12 heteroatoms. The fourth-order valence-corrected chi connectivity index (χ4v) is 2.68. The zero-order valence-corrected chi connectivity index (χ0v) is 15.4. The van der Waals surface area contributed by atoms with Gasteiger partial charge in [0.1, 0.15) is 0 Å². The predicted octanol–water partition coefficient (Wildman–Crippen LogP) is 5.81. The van der Waals surface area contributed by atoms with Crippen LogP contribution in [0, 0.1) is 6.92 Å². The van der Waals surface area contributed by atoms with Crippen molar-refractivity contribution >= 4 is 11.6 Å². The quantitative estimate of drug-likeness (QED) is 0.513. The first-order valence-electron chi connectivity index (χ1n) is 8.41. The maximum atomic E-state index is 13.8. The monoisotopic (exact) mass is 458 g/mol. The first-order chi connectivity index (χ1) is 13.3. The Bertz CT molecular complexity index is 833. The Balaban J connectivity index is 0.00000450. The molecule has 2 aromatic heterocycles. The number of carbonyl (C=O) groups excluding carboxylic acids is 1. The van der Waals surface area contributed by atoms with Crippen LogP contribution in [0.1, 0.15) is 40.3 Å². The highest BCUT2D eigenvalue weighted by Crippen LogP contribution is 2.49. The third-order valence-electron chi connectivity index (χ3n) is 4.27. The number of alkyl halides is 7. The molecule has 5 nitrogen and oxygen atoms in total. The summed E-state index contributed by atoms with van der Waals surface area (Å²) in [6.07, 6.45) is -11.4. The Kier molecular flexibility index (Phi) is 9.23. The van der Waals surface area contributed by atoms with Crippen LogP contribution in [0.2, 0.25) is 0 Å². The van der Waals surface area contributed by atoms with Gasteiger partial charge in [-0.25, -0.2) is 9.07 Å². The molecule has 0 fully saturated rings. The van der Waals surface area contributed by atoms with Crippen molar-refractivity contribution in [2.75, 3.05) is 11.4 Å². The van der Waals surface area contributed by atoms with Gasteiger partial charge < -0.3 is 4.90 Å². The second kappa shape index (κ2) is 10.1. The van der Waals surface area contributed by atoms with E-state index >= 15 is 0 Å². The van der Waals surface area contributed by atoms with Crippen molar-refractivity contribution in [2.24, 2.45) is 0 Å². The van der Waals surface area contributed by atoms with E-state index in [1.54, 1.807) is 12.1 Å². The van der Waals surface area contributed by atoms with Crippen LogP contribution in [0.5, 0.6) is 0 Å². The summed E-state index contributed by atoms with van der Waals surface area (Å²) in [5.41, 5.74) is -4.45. The molecule has 0 radical (unpaired) electrons. The zero-order valence-electron chi connectivity index (χ0n) is 15.4. The van der Waals surface area contributed by atoms with Gasteiger partial charge >= 0.3 is 12.4 Å². The van der Waals surface area contributed by atoms with Gasteiger partial charge in [0.2, 0.25) is 5.91 Å². The van der Waals surface area contributed by atoms with E-state index in [9.17, 15) is 35.5 Å². The molecule has 0 aliphatic carbocycles. The van der Waals surface area contributed by atoms with Gasteiger partial charge in [-0.15, -0.1) is 0 Å². The van der Waals surface area contributed by atoms with Crippen LogP contribution < -0.4 is 4.90 Å². The van der Waals surface area contributed by atoms with Gasteiger partial charge in [0.15, 0.2) is 0 Å². The van der Waals surface area contributed by atoms with E-state index in [1.165, 1.54) is 37.1 Å². The van der Waals surface area contributed by atoms with Crippen LogP contribution in [0.3, 0.4) is 0 Å². The fourth-order valence-electron chi connectivity index (χ4n) is 2.68. The summed E-state index contributed by atoms with van der Waals surface area (Å²) in [6.45, 7) is 2.94. The van der Waals surface area contributed by atoms with Crippen molar-refractivity contribution in [3.05, 3.63) is 36.4 Å². The van der Waals surface area contributed by atoms with E-state index in [2.05, 4.69) is 10.1 Å². The van der Waals surface area contributed by atoms with Gasteiger partial charge in [0.05, 0.1) is 29.5 Å². The molecular formula is C19H25F7N4O. The number of rotatable bonds is 6. The van der Waals surface area contributed by atoms with Crippen molar-refractivity contribution < 1.29 is 35.5 Å². The molecule has 0 unspecified atom stereocenters. The topological polar surface area (TPSA) is 51.0 Å². The van der Waals surface area contributed by atoms with E-state index in [0.29, 0.717) is 11.4 Å². The van der Waals surface area contributed by atoms with Crippen LogP contribution in [0.25, 0.3) is 5.69 Å². The molecule has 0 aliphatic heterocycles. The summed E-state index contributed by atoms with van der Waals surface area (Å²) < 4.78 is 91.2. The summed E-state index contributed by atoms with van der Waals surface area (Å²) >= 11 is 0. The Hall–Kier alpha value is -2.66. The maximum Gasteiger partial charge on any atom is 0.431 e. The lowest BCUT2D eigenvalue weighted by atomic mass is 9.97. The van der Waals surface area contributed by atoms with Crippen molar-refractivity contribution in [1.29, 1.82) is 0 Å². The molecule has 0 aromatic carbocycles. The summed E-state index contributed by atoms with van der Waals surface area (Å²) in [7, 11) is 0. The molecule has 0 atom stereocenters. The third-order valence-corrected chi connectivity index (χ3v) is 4.27. The summed E-state index contributed by atoms with van der Waals surface area (Å²) in [4.78, 5) is 17.2. The number of hydrogen-bond donors (Lipinski definition) is 0. The van der Waals surface area contributed by atoms with E-state index in [0.717, 1.165) is 4.90 Å². The molecule has 2 aromatic rings. The van der Waals surface area contributed by atoms with Gasteiger partial charge in [-0.1, -0.05) is 14.9 Å². The van der Waals surface area contributed by atoms with Crippen LogP contribution in [-0.2, 0) is 4.79 Å². The van der Waals surface area contributed by atoms with Crippen LogP contribution in [0.4, 0.5) is 36.4 Å². The number of pyridine rings is 1. The molecule has 0 spiro atoms. The summed E-state index contributed by atoms with van der Waals surface area (Å²) in [5, 5.41) is 4.17. The van der Waals surface area contributed by atoms with Crippen LogP contribution in [-0.4, -0.2) is 45.2 Å².